The average Bonchev–Trinajstić information content (AvgIpc) is 2.91. The van der Waals surface area contributed by atoms with Crippen molar-refractivity contribution in [3.8, 4) is 6.19 Å². The van der Waals surface area contributed by atoms with Gasteiger partial charge in [-0.05, 0) is 86.3 Å². The van der Waals surface area contributed by atoms with Gasteiger partial charge in [-0.25, -0.2) is 5.84 Å². The first kappa shape index (κ1) is 27.5. The Morgan fingerprint density at radius 1 is 1.16 bits per heavy atom. The lowest BCUT2D eigenvalue weighted by atomic mass is 9.69. The predicted molar refractivity (Wildman–Crippen MR) is 153 cm³/mol. The molecule has 2 aromatic carbocycles. The Labute approximate surface area is 227 Å². The van der Waals surface area contributed by atoms with Gasteiger partial charge in [-0.1, -0.05) is 43.5 Å². The monoisotopic (exact) mass is 514 g/mol. The number of nitrogens with zero attached hydrogens (tertiary/aromatic N) is 3. The highest BCUT2D eigenvalue weighted by molar-refractivity contribution is 5.74. The van der Waals surface area contributed by atoms with Gasteiger partial charge in [-0.2, -0.15) is 5.26 Å². The molecular formula is C31H42N6O. The molecule has 1 saturated heterocycles. The second-order valence-electron chi connectivity index (χ2n) is 11.2. The zero-order chi connectivity index (χ0) is 27.2. The number of anilines is 1. The highest BCUT2D eigenvalue weighted by Crippen LogP contribution is 2.44. The van der Waals surface area contributed by atoms with Gasteiger partial charge in [-0.15, -0.1) is 0 Å². The highest BCUT2D eigenvalue weighted by Gasteiger charge is 2.40. The molecule has 0 bridgehead atoms. The molecule has 7 nitrogen and oxygen atoms in total. The van der Waals surface area contributed by atoms with Crippen molar-refractivity contribution in [2.45, 2.75) is 71.3 Å². The van der Waals surface area contributed by atoms with Crippen LogP contribution in [0.3, 0.4) is 0 Å². The van der Waals surface area contributed by atoms with Gasteiger partial charge in [0.15, 0.2) is 6.19 Å². The van der Waals surface area contributed by atoms with Crippen LogP contribution in [0.25, 0.3) is 5.70 Å². The van der Waals surface area contributed by atoms with E-state index in [1.807, 2.05) is 29.3 Å². The van der Waals surface area contributed by atoms with E-state index in [1.165, 1.54) is 36.8 Å². The third-order valence-corrected chi connectivity index (χ3v) is 8.76. The molecule has 5 N–H and O–H groups in total. The van der Waals surface area contributed by atoms with Crippen molar-refractivity contribution < 1.29 is 4.79 Å². The number of likely N-dealkylation sites (tertiary alicyclic amines) is 1. The first-order chi connectivity index (χ1) is 18.3. The van der Waals surface area contributed by atoms with E-state index < -0.39 is 0 Å². The number of nitrogens with one attached hydrogen (secondary N) is 1. The van der Waals surface area contributed by atoms with Crippen molar-refractivity contribution in [3.05, 3.63) is 70.4 Å². The van der Waals surface area contributed by atoms with Crippen molar-refractivity contribution in [2.24, 2.45) is 23.4 Å². The van der Waals surface area contributed by atoms with Crippen LogP contribution in [-0.2, 0) is 4.79 Å². The van der Waals surface area contributed by atoms with E-state index in [9.17, 15) is 10.1 Å². The lowest BCUT2D eigenvalue weighted by molar-refractivity contribution is -0.105. The molecule has 1 saturated carbocycles. The molecule has 4 rings (SSSR count). The van der Waals surface area contributed by atoms with E-state index in [1.54, 1.807) is 5.01 Å². The topological polar surface area (TPSA) is 111 Å². The highest BCUT2D eigenvalue weighted by atomic mass is 16.1. The number of hydrazine groups is 1. The van der Waals surface area contributed by atoms with Gasteiger partial charge in [0.25, 0.3) is 0 Å². The fourth-order valence-electron chi connectivity index (χ4n) is 6.60. The Morgan fingerprint density at radius 3 is 2.61 bits per heavy atom. The Kier molecular flexibility index (Phi) is 8.96. The largest absolute Gasteiger partial charge is 0.397 e. The molecule has 7 heteroatoms. The number of aryl methyl sites for hydroxylation is 3. The van der Waals surface area contributed by atoms with E-state index in [0.717, 1.165) is 48.2 Å². The van der Waals surface area contributed by atoms with E-state index in [-0.39, 0.29) is 12.0 Å². The number of rotatable bonds is 9. The molecule has 1 aliphatic carbocycles. The predicted octanol–water partition coefficient (Wildman–Crippen LogP) is 5.15. The molecule has 38 heavy (non-hydrogen) atoms. The molecule has 0 radical (unpaired) electrons. The van der Waals surface area contributed by atoms with Gasteiger partial charge in [-0.3, -0.25) is 4.79 Å². The molecule has 2 fully saturated rings. The number of nitriles is 1. The molecule has 202 valence electrons. The fourth-order valence-corrected chi connectivity index (χ4v) is 6.60. The summed E-state index contributed by atoms with van der Waals surface area (Å²) >= 11 is 0. The Balaban J connectivity index is 1.59. The van der Waals surface area contributed by atoms with E-state index in [2.05, 4.69) is 50.5 Å². The van der Waals surface area contributed by atoms with Gasteiger partial charge in [0.1, 0.15) is 0 Å². The number of fused-ring (bicyclic) bond motifs is 1. The normalized spacial score (nSPS) is 22.2. The lowest BCUT2D eigenvalue weighted by Gasteiger charge is -2.47. The number of carbonyl (C=O) groups is 1. The molecule has 1 heterocycles. The van der Waals surface area contributed by atoms with Crippen molar-refractivity contribution in [3.63, 3.8) is 0 Å². The Hall–Kier alpha value is -3.50. The van der Waals surface area contributed by atoms with Gasteiger partial charge in [0, 0.05) is 42.5 Å². The number of carbonyl (C=O) groups excluding carboxylic acids is 1. The summed E-state index contributed by atoms with van der Waals surface area (Å²) in [6, 6.07) is 12.3. The first-order valence-corrected chi connectivity index (χ1v) is 13.8. The van der Waals surface area contributed by atoms with Gasteiger partial charge >= 0.3 is 0 Å². The van der Waals surface area contributed by atoms with Crippen LogP contribution < -0.4 is 16.9 Å². The third kappa shape index (κ3) is 6.14. The Morgan fingerprint density at radius 2 is 1.87 bits per heavy atom. The first-order valence-electron chi connectivity index (χ1n) is 13.8. The molecule has 2 aromatic rings. The second-order valence-corrected chi connectivity index (χ2v) is 11.2. The van der Waals surface area contributed by atoms with Crippen molar-refractivity contribution in [2.75, 3.05) is 18.4 Å². The van der Waals surface area contributed by atoms with Crippen LogP contribution >= 0.6 is 0 Å². The molecule has 2 aliphatic rings. The van der Waals surface area contributed by atoms with Gasteiger partial charge < -0.3 is 21.0 Å². The summed E-state index contributed by atoms with van der Waals surface area (Å²) < 4.78 is 0. The second kappa shape index (κ2) is 12.4. The van der Waals surface area contributed by atoms with Crippen LogP contribution in [-0.4, -0.2) is 35.5 Å². The molecule has 0 aromatic heterocycles. The smallest absolute Gasteiger partial charge is 0.211 e. The number of hydrogen-bond donors (Lipinski definition) is 3. The van der Waals surface area contributed by atoms with Crippen LogP contribution in [0.2, 0.25) is 0 Å². The maximum absolute atomic E-state index is 11.4. The van der Waals surface area contributed by atoms with Crippen LogP contribution in [0, 0.1) is 44.1 Å². The summed E-state index contributed by atoms with van der Waals surface area (Å²) in [6.45, 7) is 7.63. The SMILES string of the molecule is Cc1cc(C)c(/C(N)=C/N(N)CCC(c2ccccc2NC=O)C2CC3CCCCC3CN2C#N)cc1C. The quantitative estimate of drug-likeness (QED) is 0.185. The van der Waals surface area contributed by atoms with E-state index >= 15 is 0 Å². The zero-order valence-electron chi connectivity index (χ0n) is 23.0. The maximum atomic E-state index is 11.4. The average molecular weight is 515 g/mol. The summed E-state index contributed by atoms with van der Waals surface area (Å²) in [4.78, 5) is 13.4. The number of para-hydroxylation sites is 1. The summed E-state index contributed by atoms with van der Waals surface area (Å²) in [5.74, 6) is 7.75. The minimum atomic E-state index is 0.0326. The summed E-state index contributed by atoms with van der Waals surface area (Å²) in [7, 11) is 0. The maximum Gasteiger partial charge on any atom is 0.211 e. The molecule has 4 unspecified atom stereocenters. The fraction of sp³-hybridized carbons (Fsp3) is 0.484. The van der Waals surface area contributed by atoms with Crippen LogP contribution in [0.4, 0.5) is 5.69 Å². The summed E-state index contributed by atoms with van der Waals surface area (Å²) in [5.41, 5.74) is 13.5. The minimum absolute atomic E-state index is 0.0326. The third-order valence-electron chi connectivity index (χ3n) is 8.76. The minimum Gasteiger partial charge on any atom is -0.397 e. The summed E-state index contributed by atoms with van der Waals surface area (Å²) in [6.07, 6.45) is 11.7. The lowest BCUT2D eigenvalue weighted by Crippen LogP contribution is -2.49. The van der Waals surface area contributed by atoms with Crippen LogP contribution in [0.5, 0.6) is 0 Å². The van der Waals surface area contributed by atoms with Crippen LogP contribution in [0.15, 0.2) is 42.6 Å². The Bertz CT molecular complexity index is 1200. The molecule has 0 spiro atoms. The number of benzene rings is 2. The number of piperidine rings is 1. The number of hydrogen-bond acceptors (Lipinski definition) is 6. The number of nitrogens with two attached hydrogens (primary N) is 2. The van der Waals surface area contributed by atoms with Crippen molar-refractivity contribution in [1.29, 1.82) is 5.26 Å². The van der Waals surface area contributed by atoms with E-state index in [4.69, 9.17) is 11.6 Å². The molecule has 4 atom stereocenters. The summed E-state index contributed by atoms with van der Waals surface area (Å²) in [5, 5.41) is 14.7. The van der Waals surface area contributed by atoms with Crippen molar-refractivity contribution >= 4 is 17.8 Å². The standard InChI is InChI=1S/C31H42N6O/c1-21-14-23(3)28(15-22(21)2)29(33)18-37(34)13-12-27(26-10-6-7-11-30(26)35-20-38)31-16-24-8-4-5-9-25(24)17-36(31)19-32/h6-7,10-11,14-15,18,20,24-25,27,31H,4-5,8-9,12-13,16-17,33-34H2,1-3H3,(H,35,38)/b29-18-. The molecular weight excluding hydrogens is 472 g/mol. The van der Waals surface area contributed by atoms with Crippen LogP contribution in [0.1, 0.15) is 72.3 Å². The zero-order valence-corrected chi connectivity index (χ0v) is 23.0. The van der Waals surface area contributed by atoms with Crippen molar-refractivity contribution in [1.82, 2.24) is 9.91 Å². The van der Waals surface area contributed by atoms with E-state index in [0.29, 0.717) is 24.1 Å². The number of amides is 1. The molecule has 1 aliphatic heterocycles. The van der Waals surface area contributed by atoms with Gasteiger partial charge in [0.2, 0.25) is 6.41 Å². The molecule has 1 amide bonds. The van der Waals surface area contributed by atoms with Gasteiger partial charge in [0.05, 0.1) is 5.70 Å².